The van der Waals surface area contributed by atoms with E-state index < -0.39 is 5.92 Å². The molecule has 4 heteroatoms. The fourth-order valence-corrected chi connectivity index (χ4v) is 1.33. The van der Waals surface area contributed by atoms with Crippen molar-refractivity contribution < 1.29 is 8.78 Å². The number of rotatable bonds is 5. The zero-order valence-corrected chi connectivity index (χ0v) is 9.13. The van der Waals surface area contributed by atoms with Crippen LogP contribution in [0.4, 0.5) is 8.78 Å². The van der Waals surface area contributed by atoms with Gasteiger partial charge in [-0.25, -0.2) is 8.78 Å². The molecule has 0 unspecified atom stereocenters. The van der Waals surface area contributed by atoms with Crippen LogP contribution in [-0.4, -0.2) is 15.7 Å². The van der Waals surface area contributed by atoms with Gasteiger partial charge in [-0.15, -0.1) is 0 Å². The van der Waals surface area contributed by atoms with E-state index in [1.807, 2.05) is 13.2 Å². The lowest BCUT2D eigenvalue weighted by Gasteiger charge is -2.15. The third-order valence-electron chi connectivity index (χ3n) is 2.34. The lowest BCUT2D eigenvalue weighted by molar-refractivity contribution is 0.0309. The summed E-state index contributed by atoms with van der Waals surface area (Å²) < 4.78 is 27.9. The van der Waals surface area contributed by atoms with E-state index in [9.17, 15) is 8.78 Å². The second kappa shape index (κ2) is 4.55. The van der Waals surface area contributed by atoms with Crippen molar-refractivity contribution >= 4 is 0 Å². The van der Waals surface area contributed by atoms with Crippen molar-refractivity contribution in [2.24, 2.45) is 7.05 Å². The van der Waals surface area contributed by atoms with Gasteiger partial charge in [-0.2, -0.15) is 5.10 Å². The Morgan fingerprint density at radius 1 is 1.60 bits per heavy atom. The van der Waals surface area contributed by atoms with Crippen LogP contribution in [0.1, 0.15) is 25.3 Å². The smallest absolute Gasteiger partial charge is 0.268 e. The van der Waals surface area contributed by atoms with Crippen molar-refractivity contribution in [1.82, 2.24) is 9.78 Å². The van der Waals surface area contributed by atoms with Crippen LogP contribution in [0, 0.1) is 0 Å². The number of halogens is 2. The van der Waals surface area contributed by atoms with Crippen molar-refractivity contribution in [2.75, 3.05) is 0 Å². The second-order valence-electron chi connectivity index (χ2n) is 3.86. The molecule has 0 aromatic carbocycles. The predicted molar refractivity (Wildman–Crippen MR) is 55.9 cm³/mol. The Balaban J connectivity index is 2.36. The summed E-state index contributed by atoms with van der Waals surface area (Å²) in [6.07, 6.45) is 4.50. The topological polar surface area (TPSA) is 17.8 Å². The quantitative estimate of drug-likeness (QED) is 0.689. The number of aryl methyl sites for hydroxylation is 2. The van der Waals surface area contributed by atoms with E-state index in [4.69, 9.17) is 0 Å². The van der Waals surface area contributed by atoms with E-state index in [1.54, 1.807) is 10.9 Å². The zero-order chi connectivity index (χ0) is 11.5. The molecule has 15 heavy (non-hydrogen) atoms. The third kappa shape index (κ3) is 3.46. The molecule has 1 aromatic heterocycles. The maximum atomic E-state index is 13.1. The van der Waals surface area contributed by atoms with Crippen LogP contribution >= 0.6 is 0 Å². The number of hydrogen-bond acceptors (Lipinski definition) is 1. The van der Waals surface area contributed by atoms with Crippen molar-refractivity contribution in [3.05, 3.63) is 30.1 Å². The molecule has 0 aliphatic carbocycles. The van der Waals surface area contributed by atoms with Gasteiger partial charge in [-0.05, 0) is 30.9 Å². The molecular weight excluding hydrogens is 198 g/mol. The number of allylic oxidation sites excluding steroid dienone is 1. The molecule has 2 nitrogen and oxygen atoms in total. The fourth-order valence-electron chi connectivity index (χ4n) is 1.33. The van der Waals surface area contributed by atoms with Crippen LogP contribution < -0.4 is 0 Å². The molecule has 0 atom stereocenters. The Bertz CT molecular complexity index is 342. The molecule has 0 bridgehead atoms. The standard InChI is InChI=1S/C11H16F2N2/c1-9(2)11(12,13)6-4-5-10-7-14-15(3)8-10/h7-8H,1,4-6H2,2-3H3. The highest BCUT2D eigenvalue weighted by atomic mass is 19.3. The van der Waals surface area contributed by atoms with Crippen LogP contribution in [0.15, 0.2) is 24.5 Å². The lowest BCUT2D eigenvalue weighted by atomic mass is 10.0. The average Bonchev–Trinajstić information content (AvgIpc) is 2.51. The lowest BCUT2D eigenvalue weighted by Crippen LogP contribution is -2.16. The summed E-state index contributed by atoms with van der Waals surface area (Å²) in [5.41, 5.74) is 0.934. The molecule has 0 spiro atoms. The number of hydrogen-bond donors (Lipinski definition) is 0. The Labute approximate surface area is 88.6 Å². The summed E-state index contributed by atoms with van der Waals surface area (Å²) in [5, 5.41) is 3.98. The number of aromatic nitrogens is 2. The van der Waals surface area contributed by atoms with Crippen LogP contribution in [0.2, 0.25) is 0 Å². The monoisotopic (exact) mass is 214 g/mol. The van der Waals surface area contributed by atoms with Gasteiger partial charge < -0.3 is 0 Å². The van der Waals surface area contributed by atoms with E-state index >= 15 is 0 Å². The zero-order valence-electron chi connectivity index (χ0n) is 9.13. The Hall–Kier alpha value is -1.19. The molecule has 0 fully saturated rings. The van der Waals surface area contributed by atoms with Gasteiger partial charge in [0.05, 0.1) is 6.20 Å². The molecule has 1 aromatic rings. The minimum absolute atomic E-state index is 0.0614. The Morgan fingerprint density at radius 2 is 2.27 bits per heavy atom. The van der Waals surface area contributed by atoms with Gasteiger partial charge in [0.2, 0.25) is 0 Å². The van der Waals surface area contributed by atoms with E-state index in [-0.39, 0.29) is 12.0 Å². The van der Waals surface area contributed by atoms with Gasteiger partial charge in [-0.3, -0.25) is 4.68 Å². The third-order valence-corrected chi connectivity index (χ3v) is 2.34. The first-order chi connectivity index (χ1) is 6.92. The number of alkyl halides is 2. The highest BCUT2D eigenvalue weighted by Crippen LogP contribution is 2.28. The van der Waals surface area contributed by atoms with Crippen molar-refractivity contribution in [1.29, 1.82) is 0 Å². The second-order valence-corrected chi connectivity index (χ2v) is 3.86. The summed E-state index contributed by atoms with van der Waals surface area (Å²) in [5.74, 6) is -2.73. The van der Waals surface area contributed by atoms with Crippen LogP contribution in [0.3, 0.4) is 0 Å². The molecule has 1 heterocycles. The molecule has 0 saturated carbocycles. The summed E-state index contributed by atoms with van der Waals surface area (Å²) in [7, 11) is 1.81. The molecule has 1 rings (SSSR count). The maximum absolute atomic E-state index is 13.1. The van der Waals surface area contributed by atoms with Crippen molar-refractivity contribution in [2.45, 2.75) is 32.1 Å². The summed E-state index contributed by atoms with van der Waals surface area (Å²) in [4.78, 5) is 0. The van der Waals surface area contributed by atoms with Crippen LogP contribution in [-0.2, 0) is 13.5 Å². The normalized spacial score (nSPS) is 11.7. The molecular formula is C11H16F2N2. The van der Waals surface area contributed by atoms with E-state index in [2.05, 4.69) is 11.7 Å². The van der Waals surface area contributed by atoms with E-state index in [1.165, 1.54) is 6.92 Å². The molecule has 84 valence electrons. The highest BCUT2D eigenvalue weighted by molar-refractivity contribution is 5.06. The minimum atomic E-state index is -2.73. The first-order valence-corrected chi connectivity index (χ1v) is 4.93. The predicted octanol–water partition coefficient (Wildman–Crippen LogP) is 2.95. The van der Waals surface area contributed by atoms with Crippen molar-refractivity contribution in [3.8, 4) is 0 Å². The average molecular weight is 214 g/mol. The van der Waals surface area contributed by atoms with E-state index in [0.29, 0.717) is 12.8 Å². The SMILES string of the molecule is C=C(C)C(F)(F)CCCc1cnn(C)c1. The van der Waals surface area contributed by atoms with Gasteiger partial charge in [0.1, 0.15) is 0 Å². The maximum Gasteiger partial charge on any atom is 0.268 e. The molecule has 0 amide bonds. The van der Waals surface area contributed by atoms with Crippen molar-refractivity contribution in [3.63, 3.8) is 0 Å². The minimum Gasteiger partial charge on any atom is -0.276 e. The summed E-state index contributed by atoms with van der Waals surface area (Å²) in [6.45, 7) is 4.66. The molecule has 0 N–H and O–H groups in total. The van der Waals surface area contributed by atoms with Crippen LogP contribution in [0.25, 0.3) is 0 Å². The van der Waals surface area contributed by atoms with Gasteiger partial charge in [0.25, 0.3) is 5.92 Å². The molecule has 0 aliphatic heterocycles. The summed E-state index contributed by atoms with van der Waals surface area (Å²) in [6, 6.07) is 0. The van der Waals surface area contributed by atoms with Gasteiger partial charge in [0.15, 0.2) is 0 Å². The highest BCUT2D eigenvalue weighted by Gasteiger charge is 2.28. The molecule has 0 aliphatic rings. The fraction of sp³-hybridized carbons (Fsp3) is 0.545. The largest absolute Gasteiger partial charge is 0.276 e. The summed E-state index contributed by atoms with van der Waals surface area (Å²) >= 11 is 0. The first-order valence-electron chi connectivity index (χ1n) is 4.93. The Kier molecular flexibility index (Phi) is 3.61. The van der Waals surface area contributed by atoms with Gasteiger partial charge in [0, 0.05) is 19.7 Å². The molecule has 0 saturated heterocycles. The van der Waals surface area contributed by atoms with E-state index in [0.717, 1.165) is 5.56 Å². The van der Waals surface area contributed by atoms with Crippen LogP contribution in [0.5, 0.6) is 0 Å². The first kappa shape index (κ1) is 11.9. The van der Waals surface area contributed by atoms with Gasteiger partial charge in [-0.1, -0.05) is 6.58 Å². The molecule has 0 radical (unpaired) electrons. The number of nitrogens with zero attached hydrogens (tertiary/aromatic N) is 2. The Morgan fingerprint density at radius 3 is 2.73 bits per heavy atom. The van der Waals surface area contributed by atoms with Gasteiger partial charge >= 0.3 is 0 Å².